The summed E-state index contributed by atoms with van der Waals surface area (Å²) in [6.07, 6.45) is 3.66. The van der Waals surface area contributed by atoms with Gasteiger partial charge in [0.25, 0.3) is 0 Å². The Morgan fingerprint density at radius 2 is 2.00 bits per heavy atom. The number of alkyl halides is 2. The Hall–Kier alpha value is 1.14. The van der Waals surface area contributed by atoms with Gasteiger partial charge in [-0.05, 0) is 40.3 Å². The summed E-state index contributed by atoms with van der Waals surface area (Å²) in [6.45, 7) is 2.25. The van der Waals surface area contributed by atoms with E-state index in [0.29, 0.717) is 5.41 Å². The van der Waals surface area contributed by atoms with Crippen LogP contribution in [0.3, 0.4) is 0 Å². The van der Waals surface area contributed by atoms with Crippen LogP contribution in [0.25, 0.3) is 0 Å². The summed E-state index contributed by atoms with van der Waals surface area (Å²) < 4.78 is 1.21. The molecule has 0 saturated carbocycles. The lowest BCUT2D eigenvalue weighted by Gasteiger charge is -2.29. The van der Waals surface area contributed by atoms with Crippen molar-refractivity contribution >= 4 is 59.1 Å². The quantitative estimate of drug-likeness (QED) is 0.525. The minimum absolute atomic E-state index is 0.374. The normalized spacial score (nSPS) is 12.0. The highest BCUT2D eigenvalue weighted by Gasteiger charge is 2.27. The van der Waals surface area contributed by atoms with Gasteiger partial charge in [-0.2, -0.15) is 0 Å². The van der Waals surface area contributed by atoms with Crippen LogP contribution in [-0.4, -0.2) is 10.7 Å². The van der Waals surface area contributed by atoms with Crippen molar-refractivity contribution in [2.75, 3.05) is 10.7 Å². The van der Waals surface area contributed by atoms with Gasteiger partial charge in [-0.15, -0.1) is 11.3 Å². The predicted octanol–water partition coefficient (Wildman–Crippen LogP) is 5.63. The monoisotopic (exact) mass is 416 g/mol. The van der Waals surface area contributed by atoms with Crippen molar-refractivity contribution in [3.8, 4) is 0 Å². The number of thiophene rings is 1. The maximum Gasteiger partial charge on any atom is 0.0285 e. The molecule has 0 nitrogen and oxygen atoms in total. The molecule has 0 radical (unpaired) electrons. The van der Waals surface area contributed by atoms with Gasteiger partial charge in [-0.3, -0.25) is 0 Å². The molecule has 0 aliphatic heterocycles. The van der Waals surface area contributed by atoms with Crippen LogP contribution in [0.5, 0.6) is 0 Å². The average molecular weight is 419 g/mol. The largest absolute Gasteiger partial charge is 0.148 e. The molecule has 4 heteroatoms. The van der Waals surface area contributed by atoms with Crippen molar-refractivity contribution in [3.63, 3.8) is 0 Å². The molecule has 86 valence electrons. The van der Waals surface area contributed by atoms with Gasteiger partial charge in [0.15, 0.2) is 0 Å². The maximum absolute atomic E-state index is 3.66. The Bertz CT molecular complexity index is 292. The Labute approximate surface area is 121 Å². The number of hydrogen-bond donors (Lipinski definition) is 0. The van der Waals surface area contributed by atoms with Gasteiger partial charge in [0.05, 0.1) is 0 Å². The van der Waals surface area contributed by atoms with Crippen LogP contribution in [0.1, 0.15) is 24.6 Å². The van der Waals surface area contributed by atoms with Gasteiger partial charge in [-0.1, -0.05) is 45.2 Å². The summed E-state index contributed by atoms with van der Waals surface area (Å²) in [6, 6.07) is 2.24. The van der Waals surface area contributed by atoms with Crippen molar-refractivity contribution in [3.05, 3.63) is 20.8 Å². The second-order valence-corrected chi connectivity index (χ2v) is 6.96. The molecule has 0 bridgehead atoms. The van der Waals surface area contributed by atoms with Crippen LogP contribution in [0.2, 0.25) is 0 Å². The summed E-state index contributed by atoms with van der Waals surface area (Å²) in [4.78, 5) is 1.47. The van der Waals surface area contributed by atoms with Crippen molar-refractivity contribution in [2.45, 2.75) is 26.2 Å². The Balaban J connectivity index is 2.73. The van der Waals surface area contributed by atoms with Gasteiger partial charge in [-0.25, -0.2) is 0 Å². The van der Waals surface area contributed by atoms with Crippen LogP contribution in [0.15, 0.2) is 15.9 Å². The van der Waals surface area contributed by atoms with Crippen LogP contribution in [0, 0.1) is 5.41 Å². The zero-order valence-corrected chi connectivity index (χ0v) is 14.3. The van der Waals surface area contributed by atoms with E-state index in [1.807, 2.05) is 11.3 Å². The van der Waals surface area contributed by atoms with E-state index in [9.17, 15) is 0 Å². The van der Waals surface area contributed by atoms with Crippen molar-refractivity contribution in [1.82, 2.24) is 0 Å². The second-order valence-electron chi connectivity index (χ2n) is 3.93. The third-order valence-corrected chi connectivity index (χ3v) is 6.59. The first-order valence-corrected chi connectivity index (χ1v) is 8.92. The molecule has 1 heterocycles. The van der Waals surface area contributed by atoms with Crippen molar-refractivity contribution < 1.29 is 0 Å². The highest BCUT2D eigenvalue weighted by molar-refractivity contribution is 9.10. The Morgan fingerprint density at radius 1 is 1.33 bits per heavy atom. The number of hydrogen-bond acceptors (Lipinski definition) is 1. The minimum Gasteiger partial charge on any atom is -0.148 e. The molecule has 0 aliphatic carbocycles. The third-order valence-electron chi connectivity index (χ3n) is 2.52. The molecular formula is C11H15Br3S. The SMILES string of the molecule is CCCC(CBr)(CBr)Cc1cc(Br)cs1. The first-order valence-electron chi connectivity index (χ1n) is 5.00. The fourth-order valence-corrected chi connectivity index (χ4v) is 5.21. The molecule has 1 aromatic heterocycles. The minimum atomic E-state index is 0.374. The van der Waals surface area contributed by atoms with Gasteiger partial charge in [0.2, 0.25) is 0 Å². The lowest BCUT2D eigenvalue weighted by atomic mass is 9.84. The lowest BCUT2D eigenvalue weighted by Crippen LogP contribution is -2.27. The predicted molar refractivity (Wildman–Crippen MR) is 80.7 cm³/mol. The summed E-state index contributed by atoms with van der Waals surface area (Å²) in [5.41, 5.74) is 0.374. The van der Waals surface area contributed by atoms with E-state index in [1.54, 1.807) is 0 Å². The lowest BCUT2D eigenvalue weighted by molar-refractivity contribution is 0.354. The van der Waals surface area contributed by atoms with Crippen molar-refractivity contribution in [1.29, 1.82) is 0 Å². The summed E-state index contributed by atoms with van der Waals surface area (Å²) in [5.74, 6) is 0. The summed E-state index contributed by atoms with van der Waals surface area (Å²) in [5, 5.41) is 4.29. The number of halogens is 3. The Kier molecular flexibility index (Phi) is 6.41. The van der Waals surface area contributed by atoms with E-state index in [4.69, 9.17) is 0 Å². The molecule has 15 heavy (non-hydrogen) atoms. The van der Waals surface area contributed by atoms with Crippen LogP contribution in [-0.2, 0) is 6.42 Å². The molecule has 0 aliphatic rings. The third kappa shape index (κ3) is 4.14. The van der Waals surface area contributed by atoms with Gasteiger partial charge in [0, 0.05) is 25.4 Å². The molecule has 1 aromatic rings. The van der Waals surface area contributed by atoms with Gasteiger partial charge in [0.1, 0.15) is 0 Å². The number of rotatable bonds is 6. The maximum atomic E-state index is 3.66. The van der Waals surface area contributed by atoms with Gasteiger partial charge < -0.3 is 0 Å². The molecule has 0 fully saturated rings. The second kappa shape index (κ2) is 6.77. The van der Waals surface area contributed by atoms with E-state index in [-0.39, 0.29) is 0 Å². The highest BCUT2D eigenvalue weighted by Crippen LogP contribution is 2.35. The molecule has 0 saturated heterocycles. The summed E-state index contributed by atoms with van der Waals surface area (Å²) >= 11 is 12.7. The zero-order chi connectivity index (χ0) is 11.3. The molecule has 1 rings (SSSR count). The smallest absolute Gasteiger partial charge is 0.0285 e. The first kappa shape index (κ1) is 14.2. The first-order chi connectivity index (χ1) is 7.15. The molecule has 0 spiro atoms. The van der Waals surface area contributed by atoms with Crippen LogP contribution in [0.4, 0.5) is 0 Å². The molecular weight excluding hydrogens is 404 g/mol. The summed E-state index contributed by atoms with van der Waals surface area (Å²) in [7, 11) is 0. The van der Waals surface area contributed by atoms with E-state index in [1.165, 1.54) is 22.2 Å². The fourth-order valence-electron chi connectivity index (χ4n) is 1.70. The molecule has 0 amide bonds. The van der Waals surface area contributed by atoms with E-state index < -0.39 is 0 Å². The molecule has 0 aromatic carbocycles. The van der Waals surface area contributed by atoms with E-state index >= 15 is 0 Å². The van der Waals surface area contributed by atoms with E-state index in [0.717, 1.165) is 17.1 Å². The van der Waals surface area contributed by atoms with Gasteiger partial charge >= 0.3 is 0 Å². The molecule has 0 N–H and O–H groups in total. The molecule has 0 unspecified atom stereocenters. The fraction of sp³-hybridized carbons (Fsp3) is 0.636. The molecule has 0 atom stereocenters. The topological polar surface area (TPSA) is 0 Å². The average Bonchev–Trinajstić information content (AvgIpc) is 2.63. The standard InChI is InChI=1S/C11H15Br3S/c1-2-3-11(7-12,8-13)5-10-4-9(14)6-15-10/h4,6H,2-3,5,7-8H2,1H3. The van der Waals surface area contributed by atoms with Crippen molar-refractivity contribution in [2.24, 2.45) is 5.41 Å². The van der Waals surface area contributed by atoms with E-state index in [2.05, 4.69) is 66.2 Å². The zero-order valence-electron chi connectivity index (χ0n) is 8.73. The van der Waals surface area contributed by atoms with Crippen LogP contribution < -0.4 is 0 Å². The highest BCUT2D eigenvalue weighted by atomic mass is 79.9. The Morgan fingerprint density at radius 3 is 2.40 bits per heavy atom. The van der Waals surface area contributed by atoms with Crippen LogP contribution >= 0.6 is 59.1 Å².